The van der Waals surface area contributed by atoms with Crippen LogP contribution in [0, 0.1) is 5.92 Å². The molecule has 0 aromatic carbocycles. The van der Waals surface area contributed by atoms with Gasteiger partial charge in [-0.1, -0.05) is 40.0 Å². The molecule has 2 atom stereocenters. The summed E-state index contributed by atoms with van der Waals surface area (Å²) in [5.74, 6) is -1.45. The van der Waals surface area contributed by atoms with Crippen LogP contribution in [0.15, 0.2) is 12.2 Å². The molecular formula is C15H27NaO7S. The Balaban J connectivity index is -0.00000242. The van der Waals surface area contributed by atoms with Crippen molar-refractivity contribution in [1.29, 1.82) is 0 Å². The molecule has 0 heterocycles. The summed E-state index contributed by atoms with van der Waals surface area (Å²) in [4.78, 5) is 22.9. The van der Waals surface area contributed by atoms with Crippen LogP contribution in [0.25, 0.3) is 0 Å². The van der Waals surface area contributed by atoms with E-state index in [9.17, 15) is 18.0 Å². The van der Waals surface area contributed by atoms with Crippen molar-refractivity contribution < 1.29 is 63.0 Å². The van der Waals surface area contributed by atoms with Crippen LogP contribution in [0.3, 0.4) is 0 Å². The van der Waals surface area contributed by atoms with E-state index >= 15 is 0 Å². The SMILES string of the molecule is CCCCC(CC)COC(=O)/C=C\C(=O)OC(CC)S(=O)(=O)O.[H-].[Na+]. The van der Waals surface area contributed by atoms with E-state index in [0.717, 1.165) is 37.8 Å². The van der Waals surface area contributed by atoms with Crippen LogP contribution in [0.2, 0.25) is 0 Å². The van der Waals surface area contributed by atoms with E-state index in [1.807, 2.05) is 6.92 Å². The molecule has 0 aromatic heterocycles. The number of esters is 2. The summed E-state index contributed by atoms with van der Waals surface area (Å²) in [5.41, 5.74) is -1.64. The smallest absolute Gasteiger partial charge is 1.00 e. The van der Waals surface area contributed by atoms with Crippen molar-refractivity contribution in [2.24, 2.45) is 5.92 Å². The minimum Gasteiger partial charge on any atom is -1.00 e. The van der Waals surface area contributed by atoms with Gasteiger partial charge in [-0.05, 0) is 18.8 Å². The second kappa shape index (κ2) is 13.8. The Morgan fingerprint density at radius 2 is 1.71 bits per heavy atom. The fraction of sp³-hybridized carbons (Fsp3) is 0.733. The van der Waals surface area contributed by atoms with Crippen molar-refractivity contribution in [3.8, 4) is 0 Å². The average molecular weight is 374 g/mol. The van der Waals surface area contributed by atoms with Crippen LogP contribution in [-0.4, -0.2) is 37.0 Å². The number of carbonyl (C=O) groups excluding carboxylic acids is 2. The van der Waals surface area contributed by atoms with Gasteiger partial charge in [-0.25, -0.2) is 9.59 Å². The first-order valence-electron chi connectivity index (χ1n) is 7.76. The van der Waals surface area contributed by atoms with E-state index in [1.54, 1.807) is 0 Å². The summed E-state index contributed by atoms with van der Waals surface area (Å²) >= 11 is 0. The van der Waals surface area contributed by atoms with E-state index in [-0.39, 0.29) is 49.9 Å². The Kier molecular flexibility index (Phi) is 14.9. The fourth-order valence-electron chi connectivity index (χ4n) is 1.81. The third kappa shape index (κ3) is 12.0. The van der Waals surface area contributed by atoms with Gasteiger partial charge in [-0.2, -0.15) is 8.42 Å². The van der Waals surface area contributed by atoms with E-state index in [2.05, 4.69) is 11.7 Å². The quantitative estimate of drug-likeness (QED) is 0.227. The number of unbranched alkanes of at least 4 members (excludes halogenated alkanes) is 1. The molecule has 0 aliphatic rings. The molecule has 136 valence electrons. The first-order chi connectivity index (χ1) is 10.7. The third-order valence-electron chi connectivity index (χ3n) is 3.27. The molecule has 1 N–H and O–H groups in total. The first-order valence-corrected chi connectivity index (χ1v) is 9.26. The van der Waals surface area contributed by atoms with Crippen molar-refractivity contribution in [1.82, 2.24) is 0 Å². The zero-order valence-electron chi connectivity index (χ0n) is 15.9. The summed E-state index contributed by atoms with van der Waals surface area (Å²) in [6.45, 7) is 5.81. The van der Waals surface area contributed by atoms with Crippen LogP contribution in [0.4, 0.5) is 0 Å². The van der Waals surface area contributed by atoms with Crippen molar-refractivity contribution in [3.63, 3.8) is 0 Å². The number of ether oxygens (including phenoxy) is 2. The molecule has 2 unspecified atom stereocenters. The maximum atomic E-state index is 11.5. The maximum Gasteiger partial charge on any atom is 1.00 e. The molecule has 0 aromatic rings. The van der Waals surface area contributed by atoms with E-state index in [0.29, 0.717) is 0 Å². The fourth-order valence-corrected chi connectivity index (χ4v) is 2.44. The summed E-state index contributed by atoms with van der Waals surface area (Å²) in [6, 6.07) is 0. The second-order valence-corrected chi connectivity index (χ2v) is 6.73. The number of carbonyl (C=O) groups is 2. The van der Waals surface area contributed by atoms with Crippen LogP contribution in [-0.2, 0) is 29.2 Å². The average Bonchev–Trinajstić information content (AvgIpc) is 2.49. The Morgan fingerprint density at radius 3 is 2.17 bits per heavy atom. The monoisotopic (exact) mass is 374 g/mol. The minimum atomic E-state index is -4.48. The Hall–Kier alpha value is -0.410. The van der Waals surface area contributed by atoms with E-state index < -0.39 is 27.5 Å². The normalized spacial score (nSPS) is 13.8. The number of hydrogen-bond acceptors (Lipinski definition) is 6. The predicted molar refractivity (Wildman–Crippen MR) is 86.2 cm³/mol. The van der Waals surface area contributed by atoms with Crippen LogP contribution < -0.4 is 29.6 Å². The van der Waals surface area contributed by atoms with Gasteiger partial charge < -0.3 is 10.9 Å². The zero-order chi connectivity index (χ0) is 17.9. The molecule has 0 aliphatic carbocycles. The van der Waals surface area contributed by atoms with Gasteiger partial charge in [0.2, 0.25) is 5.44 Å². The summed E-state index contributed by atoms with van der Waals surface area (Å²) in [5, 5.41) is 0. The topological polar surface area (TPSA) is 107 Å². The second-order valence-electron chi connectivity index (χ2n) is 5.17. The van der Waals surface area contributed by atoms with Crippen molar-refractivity contribution >= 4 is 22.1 Å². The van der Waals surface area contributed by atoms with Crippen molar-refractivity contribution in [2.45, 2.75) is 58.3 Å². The van der Waals surface area contributed by atoms with Crippen molar-refractivity contribution in [2.75, 3.05) is 6.61 Å². The van der Waals surface area contributed by atoms with Gasteiger partial charge in [0.15, 0.2) is 0 Å². The van der Waals surface area contributed by atoms with Gasteiger partial charge >= 0.3 is 51.6 Å². The minimum absolute atomic E-state index is 0. The molecule has 24 heavy (non-hydrogen) atoms. The molecule has 0 saturated heterocycles. The first kappa shape index (κ1) is 25.8. The third-order valence-corrected chi connectivity index (χ3v) is 4.37. The van der Waals surface area contributed by atoms with E-state index in [1.165, 1.54) is 6.92 Å². The van der Waals surface area contributed by atoms with Crippen LogP contribution in [0.5, 0.6) is 0 Å². The summed E-state index contributed by atoms with van der Waals surface area (Å²) < 4.78 is 40.2. The molecule has 0 rings (SSSR count). The van der Waals surface area contributed by atoms with Crippen molar-refractivity contribution in [3.05, 3.63) is 12.2 Å². The van der Waals surface area contributed by atoms with Gasteiger partial charge in [0.1, 0.15) is 0 Å². The molecule has 0 fully saturated rings. The molecule has 0 bridgehead atoms. The van der Waals surface area contributed by atoms with Gasteiger partial charge in [-0.15, -0.1) is 0 Å². The molecule has 7 nitrogen and oxygen atoms in total. The Morgan fingerprint density at radius 1 is 1.12 bits per heavy atom. The summed E-state index contributed by atoms with van der Waals surface area (Å²) in [7, 11) is -4.48. The largest absolute Gasteiger partial charge is 1.00 e. The number of rotatable bonds is 11. The number of hydrogen-bond donors (Lipinski definition) is 1. The Bertz CT molecular complexity index is 508. The Labute approximate surface area is 167 Å². The molecule has 0 aliphatic heterocycles. The van der Waals surface area contributed by atoms with Crippen LogP contribution >= 0.6 is 0 Å². The molecule has 0 spiro atoms. The predicted octanol–water partition coefficient (Wildman–Crippen LogP) is -0.414. The van der Waals surface area contributed by atoms with Crippen LogP contribution in [0.1, 0.15) is 54.3 Å². The molecule has 0 amide bonds. The standard InChI is InChI=1S/C15H26O7S.Na.H/c1-4-7-8-12(5-2)11-21-13(16)9-10-14(17)22-15(6-3)23(18,19)20;;/h9-10,12,15H,4-8,11H2,1-3H3,(H,18,19,20);;/q;+1;-1/b10-9-;;. The molecule has 9 heteroatoms. The maximum absolute atomic E-state index is 11.5. The molecular weight excluding hydrogens is 347 g/mol. The van der Waals surface area contributed by atoms with Gasteiger partial charge in [-0.3, -0.25) is 4.55 Å². The van der Waals surface area contributed by atoms with Gasteiger partial charge in [0, 0.05) is 12.2 Å². The van der Waals surface area contributed by atoms with E-state index in [4.69, 9.17) is 9.29 Å². The zero-order valence-corrected chi connectivity index (χ0v) is 17.7. The van der Waals surface area contributed by atoms with Gasteiger partial charge in [0.25, 0.3) is 0 Å². The summed E-state index contributed by atoms with van der Waals surface area (Å²) in [6.07, 6.45) is 5.56. The van der Waals surface area contributed by atoms with Gasteiger partial charge in [0.05, 0.1) is 6.61 Å². The molecule has 0 radical (unpaired) electrons. The molecule has 0 saturated carbocycles.